The molecule has 9 nitrogen and oxygen atoms in total. The molecule has 3 aromatic rings. The van der Waals surface area contributed by atoms with Gasteiger partial charge in [-0.15, -0.1) is 0 Å². The van der Waals surface area contributed by atoms with Crippen molar-refractivity contribution in [1.82, 2.24) is 10.0 Å². The molecule has 1 heterocycles. The molecular weight excluding hydrogens is 489 g/mol. The van der Waals surface area contributed by atoms with E-state index in [1.807, 2.05) is 4.72 Å². The Kier molecular flexibility index (Phi) is 7.11. The summed E-state index contributed by atoms with van der Waals surface area (Å²) in [5, 5.41) is 2.40. The molecule has 4 rings (SSSR count). The number of carbonyl (C=O) groups is 2. The van der Waals surface area contributed by atoms with E-state index in [1.165, 1.54) is 42.3 Å². The Morgan fingerprint density at radius 1 is 1.03 bits per heavy atom. The van der Waals surface area contributed by atoms with Crippen LogP contribution < -0.4 is 24.4 Å². The first-order chi connectivity index (χ1) is 17.2. The topological polar surface area (TPSA) is 114 Å². The Labute approximate surface area is 207 Å². The van der Waals surface area contributed by atoms with E-state index in [0.717, 1.165) is 0 Å². The lowest BCUT2D eigenvalue weighted by Crippen LogP contribution is -2.52. The number of aryl methyl sites for hydroxylation is 1. The van der Waals surface area contributed by atoms with Crippen molar-refractivity contribution in [3.63, 3.8) is 0 Å². The van der Waals surface area contributed by atoms with Gasteiger partial charge in [-0.3, -0.25) is 4.79 Å². The molecule has 36 heavy (non-hydrogen) atoms. The normalized spacial score (nSPS) is 13.1. The summed E-state index contributed by atoms with van der Waals surface area (Å²) in [6.45, 7) is 1.65. The van der Waals surface area contributed by atoms with Crippen molar-refractivity contribution in [2.45, 2.75) is 24.3 Å². The van der Waals surface area contributed by atoms with Gasteiger partial charge in [0.15, 0.2) is 11.5 Å². The molecule has 0 spiro atoms. The minimum absolute atomic E-state index is 0.0590. The lowest BCUT2D eigenvalue weighted by Gasteiger charge is -2.25. The molecule has 11 heteroatoms. The van der Waals surface area contributed by atoms with Crippen LogP contribution in [0.25, 0.3) is 0 Å². The Balaban J connectivity index is 1.57. The zero-order valence-electron chi connectivity index (χ0n) is 19.5. The largest absolute Gasteiger partial charge is 0.454 e. The number of nitrogens with zero attached hydrogens (tertiary/aromatic N) is 1. The van der Waals surface area contributed by atoms with E-state index in [0.29, 0.717) is 22.7 Å². The average molecular weight is 514 g/mol. The van der Waals surface area contributed by atoms with E-state index in [-0.39, 0.29) is 23.7 Å². The number of fused-ring (bicyclic) bond motifs is 1. The lowest BCUT2D eigenvalue weighted by molar-refractivity contribution is -0.120. The zero-order chi connectivity index (χ0) is 25.9. The summed E-state index contributed by atoms with van der Waals surface area (Å²) in [5.74, 6) is -0.175. The summed E-state index contributed by atoms with van der Waals surface area (Å²) in [4.78, 5) is 27.4. The van der Waals surface area contributed by atoms with Crippen molar-refractivity contribution < 1.29 is 31.9 Å². The highest BCUT2D eigenvalue weighted by Crippen LogP contribution is 2.35. The SMILES string of the molecule is Cc1ccccc1S(=O)(=O)NC(=O)N[C@@H](Cc1ccccc1F)C(=O)N(C)c1ccc2c(c1)OCO2. The van der Waals surface area contributed by atoms with Crippen LogP contribution in [-0.2, 0) is 21.2 Å². The van der Waals surface area contributed by atoms with Gasteiger partial charge in [-0.2, -0.15) is 0 Å². The number of urea groups is 1. The first kappa shape index (κ1) is 25.0. The first-order valence-electron chi connectivity index (χ1n) is 11.0. The van der Waals surface area contributed by atoms with Gasteiger partial charge in [0.1, 0.15) is 11.9 Å². The van der Waals surface area contributed by atoms with Crippen molar-refractivity contribution in [2.24, 2.45) is 0 Å². The second-order valence-corrected chi connectivity index (χ2v) is 9.78. The molecule has 0 saturated heterocycles. The maximum atomic E-state index is 14.4. The molecule has 2 N–H and O–H groups in total. The van der Waals surface area contributed by atoms with Crippen molar-refractivity contribution >= 4 is 27.6 Å². The molecule has 0 unspecified atom stereocenters. The molecule has 0 saturated carbocycles. The van der Waals surface area contributed by atoms with Crippen molar-refractivity contribution in [3.8, 4) is 11.5 Å². The van der Waals surface area contributed by atoms with Gasteiger partial charge in [0.25, 0.3) is 10.0 Å². The number of benzene rings is 3. The van der Waals surface area contributed by atoms with Crippen LogP contribution in [0.4, 0.5) is 14.9 Å². The highest BCUT2D eigenvalue weighted by atomic mass is 32.2. The van der Waals surface area contributed by atoms with Crippen LogP contribution in [0.15, 0.2) is 71.6 Å². The number of amides is 3. The number of sulfonamides is 1. The second kappa shape index (κ2) is 10.2. The van der Waals surface area contributed by atoms with Crippen molar-refractivity contribution in [2.75, 3.05) is 18.7 Å². The Hall–Kier alpha value is -4.12. The number of halogens is 1. The zero-order valence-corrected chi connectivity index (χ0v) is 20.3. The molecule has 188 valence electrons. The fourth-order valence-electron chi connectivity index (χ4n) is 3.76. The van der Waals surface area contributed by atoms with Crippen molar-refractivity contribution in [3.05, 3.63) is 83.7 Å². The standard InChI is InChI=1S/C25H24FN3O6S/c1-16-7-3-6-10-23(16)36(32,33)28-25(31)27-20(13-17-8-4-5-9-19(17)26)24(30)29(2)18-11-12-21-22(14-18)35-15-34-21/h3-12,14,20H,13,15H2,1-2H3,(H2,27,28,31)/t20-/m0/s1. The second-order valence-electron chi connectivity index (χ2n) is 8.13. The van der Waals surface area contributed by atoms with E-state index in [4.69, 9.17) is 9.47 Å². The summed E-state index contributed by atoms with van der Waals surface area (Å²) in [5.41, 5.74) is 1.06. The van der Waals surface area contributed by atoms with Gasteiger partial charge in [0.05, 0.1) is 4.90 Å². The number of rotatable bonds is 7. The predicted molar refractivity (Wildman–Crippen MR) is 130 cm³/mol. The molecule has 1 atom stereocenters. The summed E-state index contributed by atoms with van der Waals surface area (Å²) in [7, 11) is -2.73. The molecule has 0 aromatic heterocycles. The Morgan fingerprint density at radius 3 is 2.47 bits per heavy atom. The molecule has 1 aliphatic heterocycles. The third-order valence-corrected chi connectivity index (χ3v) is 7.16. The number of anilines is 1. The molecule has 3 amide bonds. The third kappa shape index (κ3) is 5.41. The van der Waals surface area contributed by atoms with Crippen molar-refractivity contribution in [1.29, 1.82) is 0 Å². The van der Waals surface area contributed by atoms with Crippen LogP contribution in [0.2, 0.25) is 0 Å². The number of hydrogen-bond acceptors (Lipinski definition) is 6. The molecule has 0 aliphatic carbocycles. The van der Waals surface area contributed by atoms with E-state index in [2.05, 4.69) is 5.32 Å². The number of nitrogens with one attached hydrogen (secondary N) is 2. The van der Waals surface area contributed by atoms with Crippen LogP contribution >= 0.6 is 0 Å². The van der Waals surface area contributed by atoms with Gasteiger partial charge >= 0.3 is 6.03 Å². The van der Waals surface area contributed by atoms with Crippen LogP contribution in [0.1, 0.15) is 11.1 Å². The molecule has 0 fully saturated rings. The monoisotopic (exact) mass is 513 g/mol. The Bertz CT molecular complexity index is 1410. The van der Waals surface area contributed by atoms with Gasteiger partial charge < -0.3 is 19.7 Å². The van der Waals surface area contributed by atoms with Crippen LogP contribution in [0, 0.1) is 12.7 Å². The van der Waals surface area contributed by atoms with Gasteiger partial charge in [0, 0.05) is 25.2 Å². The minimum Gasteiger partial charge on any atom is -0.454 e. The summed E-state index contributed by atoms with van der Waals surface area (Å²) in [6.07, 6.45) is -0.210. The fraction of sp³-hybridized carbons (Fsp3) is 0.200. The molecule has 0 radical (unpaired) electrons. The van der Waals surface area contributed by atoms with Crippen LogP contribution in [0.3, 0.4) is 0 Å². The molecular formula is C25H24FN3O6S. The summed E-state index contributed by atoms with van der Waals surface area (Å²) < 4.78 is 52.4. The predicted octanol–water partition coefficient (Wildman–Crippen LogP) is 3.13. The van der Waals surface area contributed by atoms with Gasteiger partial charge in [-0.05, 0) is 42.3 Å². The van der Waals surface area contributed by atoms with E-state index >= 15 is 0 Å². The highest BCUT2D eigenvalue weighted by molar-refractivity contribution is 7.90. The van der Waals surface area contributed by atoms with E-state index in [9.17, 15) is 22.4 Å². The number of likely N-dealkylation sites (N-methyl/N-ethyl adjacent to an activating group) is 1. The molecule has 0 bridgehead atoms. The maximum Gasteiger partial charge on any atom is 0.329 e. The van der Waals surface area contributed by atoms with Crippen LogP contribution in [0.5, 0.6) is 11.5 Å². The minimum atomic E-state index is -4.21. The molecule has 1 aliphatic rings. The smallest absolute Gasteiger partial charge is 0.329 e. The number of ether oxygens (including phenoxy) is 2. The fourth-order valence-corrected chi connectivity index (χ4v) is 4.92. The third-order valence-electron chi connectivity index (χ3n) is 5.67. The summed E-state index contributed by atoms with van der Waals surface area (Å²) >= 11 is 0. The highest BCUT2D eigenvalue weighted by Gasteiger charge is 2.29. The number of hydrogen-bond donors (Lipinski definition) is 2. The van der Waals surface area contributed by atoms with Gasteiger partial charge in [-0.1, -0.05) is 36.4 Å². The van der Waals surface area contributed by atoms with E-state index in [1.54, 1.807) is 43.3 Å². The molecule has 3 aromatic carbocycles. The van der Waals surface area contributed by atoms with Gasteiger partial charge in [-0.25, -0.2) is 22.3 Å². The first-order valence-corrected chi connectivity index (χ1v) is 12.4. The Morgan fingerprint density at radius 2 is 1.72 bits per heavy atom. The summed E-state index contributed by atoms with van der Waals surface area (Å²) in [6, 6.07) is 14.5. The maximum absolute atomic E-state index is 14.4. The van der Waals surface area contributed by atoms with Crippen LogP contribution in [-0.4, -0.2) is 40.2 Å². The average Bonchev–Trinajstić information content (AvgIpc) is 3.32. The van der Waals surface area contributed by atoms with E-state index < -0.39 is 33.8 Å². The quantitative estimate of drug-likeness (QED) is 0.502. The van der Waals surface area contributed by atoms with Gasteiger partial charge in [0.2, 0.25) is 12.7 Å². The lowest BCUT2D eigenvalue weighted by atomic mass is 10.0. The number of carbonyl (C=O) groups excluding carboxylic acids is 2.